The molecule has 0 amide bonds. The van der Waals surface area contributed by atoms with E-state index in [4.69, 9.17) is 9.15 Å². The second kappa shape index (κ2) is 15.2. The Kier molecular flexibility index (Phi) is 12.3. The van der Waals surface area contributed by atoms with Crippen LogP contribution < -0.4 is 4.72 Å². The highest BCUT2D eigenvalue weighted by Crippen LogP contribution is 2.49. The Morgan fingerprint density at radius 1 is 0.902 bits per heavy atom. The molecule has 0 spiro atoms. The Bertz CT molecular complexity index is 1820. The lowest BCUT2D eigenvalue weighted by atomic mass is 9.83. The summed E-state index contributed by atoms with van der Waals surface area (Å²) in [5.74, 6) is 0.283. The van der Waals surface area contributed by atoms with Crippen LogP contribution in [0.15, 0.2) is 95.6 Å². The first-order valence-corrected chi connectivity index (χ1v) is 21.5. The molecule has 2 aliphatic heterocycles. The van der Waals surface area contributed by atoms with Gasteiger partial charge in [0, 0.05) is 32.8 Å². The van der Waals surface area contributed by atoms with Gasteiger partial charge < -0.3 is 4.74 Å². The van der Waals surface area contributed by atoms with Crippen LogP contribution in [0.2, 0.25) is 0 Å². The van der Waals surface area contributed by atoms with Crippen LogP contribution in [0.25, 0.3) is 6.08 Å². The number of sulfonamides is 1. The van der Waals surface area contributed by atoms with Gasteiger partial charge in [0.1, 0.15) is 5.92 Å². The standard InChI is InChI=1S/C41H55NO5S4/c1-15-25(2)51(44,45)42-36-29(37(43)30(36)19-27-21-32(38(3,4)5)48-33(22-27)39(6,7)8)18-26-16-17-46-31(20-26)28-23-34(49-40(9,10)11)47-35(24-28)50-41(12,13)14/h16-25,28H,15H2,1-14H3/p+1. The molecule has 1 unspecified atom stereocenters. The second-order valence-electron chi connectivity index (χ2n) is 17.3. The number of thioether (sulfide) groups is 3. The molecule has 3 aliphatic rings. The van der Waals surface area contributed by atoms with Gasteiger partial charge in [0.2, 0.25) is 10.0 Å². The molecule has 3 heterocycles. The summed E-state index contributed by atoms with van der Waals surface area (Å²) in [6.07, 6.45) is 14.0. The molecule has 1 aromatic heterocycles. The predicted molar refractivity (Wildman–Crippen MR) is 220 cm³/mol. The number of hydrogen-bond donors (Lipinski definition) is 1. The summed E-state index contributed by atoms with van der Waals surface area (Å²) < 4.78 is 41.9. The third-order valence-electron chi connectivity index (χ3n) is 8.04. The Morgan fingerprint density at radius 3 is 1.90 bits per heavy atom. The minimum Gasteiger partial charge on any atom is -0.444 e. The third-order valence-corrected chi connectivity index (χ3v) is 13.9. The average molecular weight is 771 g/mol. The molecule has 1 atom stereocenters. The van der Waals surface area contributed by atoms with Gasteiger partial charge in [-0.05, 0) is 81.6 Å². The zero-order valence-electron chi connectivity index (χ0n) is 32.7. The summed E-state index contributed by atoms with van der Waals surface area (Å²) in [6.45, 7) is 29.5. The fraction of sp³-hybridized carbons (Fsp3) is 0.512. The van der Waals surface area contributed by atoms with Crippen LogP contribution >= 0.6 is 35.3 Å². The number of nitrogens with one attached hydrogen (secondary N) is 1. The molecule has 10 heteroatoms. The molecule has 0 bridgehead atoms. The number of carbonyl (C=O) groups is 1. The van der Waals surface area contributed by atoms with Gasteiger partial charge in [-0.15, -0.1) is 0 Å². The lowest BCUT2D eigenvalue weighted by Gasteiger charge is -2.32. The lowest BCUT2D eigenvalue weighted by molar-refractivity contribution is -0.112. The quantitative estimate of drug-likeness (QED) is 0.196. The van der Waals surface area contributed by atoms with E-state index in [1.54, 1.807) is 60.6 Å². The van der Waals surface area contributed by atoms with Crippen LogP contribution in [0.5, 0.6) is 0 Å². The second-order valence-corrected chi connectivity index (χ2v) is 24.1. The van der Waals surface area contributed by atoms with E-state index in [1.165, 1.54) is 9.81 Å². The summed E-state index contributed by atoms with van der Waals surface area (Å²) in [7, 11) is -3.75. The van der Waals surface area contributed by atoms with Crippen molar-refractivity contribution in [3.63, 3.8) is 0 Å². The highest BCUT2D eigenvalue weighted by Gasteiger charge is 2.37. The van der Waals surface area contributed by atoms with E-state index >= 15 is 0 Å². The van der Waals surface area contributed by atoms with Crippen molar-refractivity contribution in [3.8, 4) is 0 Å². The fourth-order valence-electron chi connectivity index (χ4n) is 5.07. The van der Waals surface area contributed by atoms with Gasteiger partial charge in [0.25, 0.3) is 0 Å². The van der Waals surface area contributed by atoms with Crippen LogP contribution in [0.3, 0.4) is 0 Å². The van der Waals surface area contributed by atoms with Gasteiger partial charge >= 0.3 is 12.0 Å². The average Bonchev–Trinajstić information content (AvgIpc) is 2.98. The van der Waals surface area contributed by atoms with Crippen molar-refractivity contribution in [1.29, 1.82) is 0 Å². The summed E-state index contributed by atoms with van der Waals surface area (Å²) in [5.41, 5.74) is 2.41. The molecule has 51 heavy (non-hydrogen) atoms. The summed E-state index contributed by atoms with van der Waals surface area (Å²) in [5, 5.41) is 0.993. The normalized spacial score (nSPS) is 19.5. The van der Waals surface area contributed by atoms with Crippen molar-refractivity contribution >= 4 is 57.2 Å². The molecule has 0 fully saturated rings. The van der Waals surface area contributed by atoms with Gasteiger partial charge in [-0.1, -0.05) is 125 Å². The number of ketones is 1. The number of allylic oxidation sites excluding steroid dienone is 10. The third kappa shape index (κ3) is 11.1. The van der Waals surface area contributed by atoms with Crippen LogP contribution in [0.1, 0.15) is 121 Å². The van der Waals surface area contributed by atoms with Crippen molar-refractivity contribution in [1.82, 2.24) is 4.72 Å². The predicted octanol–water partition coefficient (Wildman–Crippen LogP) is 11.9. The van der Waals surface area contributed by atoms with Crippen LogP contribution in [-0.4, -0.2) is 28.9 Å². The summed E-state index contributed by atoms with van der Waals surface area (Å²) in [6, 6.07) is 3.70. The molecular formula is C41H56NO5S4+. The van der Waals surface area contributed by atoms with Crippen molar-refractivity contribution < 1.29 is 22.4 Å². The number of Topliss-reactive ketones (excluding diaryl/α,β-unsaturated/α-hetero) is 1. The zero-order chi connectivity index (χ0) is 38.3. The fourth-order valence-corrected chi connectivity index (χ4v) is 9.40. The summed E-state index contributed by atoms with van der Waals surface area (Å²) in [4.78, 5) is 16.3. The van der Waals surface area contributed by atoms with E-state index in [9.17, 15) is 13.2 Å². The topological polar surface area (TPSA) is 83.8 Å². The minimum atomic E-state index is -3.75. The van der Waals surface area contributed by atoms with Gasteiger partial charge in [0.05, 0.1) is 10.9 Å². The largest absolute Gasteiger partial charge is 0.444 e. The molecule has 0 aromatic carbocycles. The number of rotatable bonds is 9. The van der Waals surface area contributed by atoms with E-state index in [0.717, 1.165) is 21.3 Å². The van der Waals surface area contributed by atoms with Crippen molar-refractivity contribution in [2.75, 3.05) is 0 Å². The van der Waals surface area contributed by atoms with E-state index in [0.29, 0.717) is 29.0 Å². The Morgan fingerprint density at radius 2 is 1.43 bits per heavy atom. The van der Waals surface area contributed by atoms with Crippen LogP contribution in [-0.2, 0) is 19.6 Å². The number of hydrogen-bond acceptors (Lipinski definition) is 7. The van der Waals surface area contributed by atoms with E-state index in [-0.39, 0.29) is 32.0 Å². The monoisotopic (exact) mass is 770 g/mol. The van der Waals surface area contributed by atoms with Crippen molar-refractivity contribution in [2.24, 2.45) is 10.8 Å². The highest BCUT2D eigenvalue weighted by molar-refractivity contribution is 8.07. The van der Waals surface area contributed by atoms with Gasteiger partial charge in [-0.25, -0.2) is 12.8 Å². The van der Waals surface area contributed by atoms with Crippen molar-refractivity contribution in [3.05, 3.63) is 103 Å². The molecule has 0 saturated heterocycles. The number of ether oxygens (including phenoxy) is 1. The molecule has 1 aromatic rings. The molecule has 6 nitrogen and oxygen atoms in total. The Balaban J connectivity index is 1.82. The first-order valence-electron chi connectivity index (χ1n) is 17.5. The number of carbonyl (C=O) groups excluding carboxylic acids is 1. The van der Waals surface area contributed by atoms with E-state index in [1.807, 2.05) is 19.1 Å². The lowest BCUT2D eigenvalue weighted by Crippen LogP contribution is -2.38. The maximum Gasteiger partial charge on any atom is 0.340 e. The smallest absolute Gasteiger partial charge is 0.340 e. The molecule has 4 rings (SSSR count). The molecular weight excluding hydrogens is 715 g/mol. The van der Waals surface area contributed by atoms with Gasteiger partial charge in [-0.3, -0.25) is 9.52 Å². The maximum atomic E-state index is 14.0. The molecule has 0 radical (unpaired) electrons. The Labute approximate surface area is 319 Å². The van der Waals surface area contributed by atoms with Gasteiger partial charge in [-0.2, -0.15) is 0 Å². The first kappa shape index (κ1) is 41.4. The highest BCUT2D eigenvalue weighted by atomic mass is 32.2. The van der Waals surface area contributed by atoms with E-state index < -0.39 is 15.3 Å². The Hall–Kier alpha value is -2.40. The summed E-state index contributed by atoms with van der Waals surface area (Å²) >= 11 is 5.09. The first-order chi connectivity index (χ1) is 23.3. The van der Waals surface area contributed by atoms with Gasteiger partial charge in [0.15, 0.2) is 16.0 Å². The van der Waals surface area contributed by atoms with Crippen LogP contribution in [0.4, 0.5) is 0 Å². The molecule has 278 valence electrons. The molecule has 1 N–H and O–H groups in total. The maximum absolute atomic E-state index is 14.0. The molecule has 1 aliphatic carbocycles. The molecule has 0 saturated carbocycles. The van der Waals surface area contributed by atoms with E-state index in [2.05, 4.69) is 112 Å². The minimum absolute atomic E-state index is 0.0533. The SMILES string of the molecule is CCC(C)S(=O)(=O)NC1=C(C=C2C=C(C(C)(C)C)SC(C(C)(C)C)=C2)C(=O)C1=Cc1cc[o+]c(C2C=C(SC(C)(C)C)OC(SC(C)(C)C)=C2)c1. The zero-order valence-corrected chi connectivity index (χ0v) is 36.0. The van der Waals surface area contributed by atoms with Crippen molar-refractivity contribution in [2.45, 2.75) is 124 Å². The van der Waals surface area contributed by atoms with Crippen LogP contribution in [0, 0.1) is 10.8 Å².